The number of rotatable bonds is 5. The minimum absolute atomic E-state index is 0.191. The molecule has 0 heterocycles. The summed E-state index contributed by atoms with van der Waals surface area (Å²) in [4.78, 5) is -0.554. The molecule has 3 rings (SSSR count). The number of aliphatic hydroxyl groups is 1. The van der Waals surface area contributed by atoms with Gasteiger partial charge in [0.2, 0.25) is 0 Å². The molecule has 1 N–H and O–H groups in total. The molecule has 0 saturated carbocycles. The summed E-state index contributed by atoms with van der Waals surface area (Å²) in [6.45, 7) is 3.44. The molecule has 0 aliphatic heterocycles. The van der Waals surface area contributed by atoms with Gasteiger partial charge in [-0.1, -0.05) is 60.6 Å². The van der Waals surface area contributed by atoms with Gasteiger partial charge in [-0.3, -0.25) is 0 Å². The lowest BCUT2D eigenvalue weighted by atomic mass is 9.99. The summed E-state index contributed by atoms with van der Waals surface area (Å²) in [7, 11) is -4.21. The first-order valence-electron chi connectivity index (χ1n) is 8.64. The topological polar surface area (TPSA) is 54.4 Å². The van der Waals surface area contributed by atoms with Gasteiger partial charge >= 0.3 is 6.18 Å². The van der Waals surface area contributed by atoms with E-state index in [2.05, 4.69) is 6.58 Å². The smallest absolute Gasteiger partial charge is 0.416 e. The van der Waals surface area contributed by atoms with Crippen molar-refractivity contribution in [3.05, 3.63) is 95.0 Å². The van der Waals surface area contributed by atoms with Crippen LogP contribution in [0.15, 0.2) is 78.2 Å². The molecule has 0 aromatic heterocycles. The highest BCUT2D eigenvalue weighted by Crippen LogP contribution is 2.34. The Kier molecular flexibility index (Phi) is 5.97. The normalized spacial score (nSPS) is 12.0. The Morgan fingerprint density at radius 2 is 1.63 bits per heavy atom. The summed E-state index contributed by atoms with van der Waals surface area (Å²) in [5.74, 6) is -0.984. The number of aliphatic hydroxyl groups excluding tert-OH is 1. The van der Waals surface area contributed by atoms with E-state index in [9.17, 15) is 26.7 Å². The molecule has 0 unspecified atom stereocenters. The molecule has 0 amide bonds. The van der Waals surface area contributed by atoms with E-state index in [1.165, 1.54) is 6.07 Å². The maximum Gasteiger partial charge on any atom is 0.416 e. The third-order valence-electron chi connectivity index (χ3n) is 4.43. The van der Waals surface area contributed by atoms with Crippen LogP contribution in [0.5, 0.6) is 0 Å². The summed E-state index contributed by atoms with van der Waals surface area (Å²) < 4.78 is 65.1. The minimum Gasteiger partial charge on any atom is -0.508 e. The van der Waals surface area contributed by atoms with Crippen LogP contribution >= 0.6 is 11.6 Å². The Bertz CT molecular complexity index is 1200. The Balaban J connectivity index is 2.08. The van der Waals surface area contributed by atoms with Crippen LogP contribution in [0.3, 0.4) is 0 Å². The molecule has 0 atom stereocenters. The van der Waals surface area contributed by atoms with Crippen molar-refractivity contribution in [3.8, 4) is 11.1 Å². The van der Waals surface area contributed by atoms with Crippen LogP contribution in [-0.4, -0.2) is 13.5 Å². The van der Waals surface area contributed by atoms with E-state index < -0.39 is 32.2 Å². The van der Waals surface area contributed by atoms with Gasteiger partial charge in [-0.2, -0.15) is 13.2 Å². The van der Waals surface area contributed by atoms with Gasteiger partial charge in [-0.25, -0.2) is 8.42 Å². The molecule has 3 nitrogen and oxygen atoms in total. The van der Waals surface area contributed by atoms with Gasteiger partial charge in [-0.15, -0.1) is 0 Å². The average molecular weight is 453 g/mol. The number of alkyl halides is 3. The zero-order chi connectivity index (χ0) is 22.1. The van der Waals surface area contributed by atoms with E-state index in [-0.39, 0.29) is 21.9 Å². The van der Waals surface area contributed by atoms with Crippen LogP contribution in [0.4, 0.5) is 13.2 Å². The zero-order valence-corrected chi connectivity index (χ0v) is 17.0. The van der Waals surface area contributed by atoms with Crippen molar-refractivity contribution in [1.82, 2.24) is 0 Å². The fourth-order valence-electron chi connectivity index (χ4n) is 3.00. The third-order valence-corrected chi connectivity index (χ3v) is 6.29. The molecule has 0 radical (unpaired) electrons. The lowest BCUT2D eigenvalue weighted by Crippen LogP contribution is -2.11. The molecule has 8 heteroatoms. The molecule has 0 aliphatic rings. The Morgan fingerprint density at radius 3 is 2.23 bits per heavy atom. The molecule has 156 valence electrons. The minimum atomic E-state index is -4.74. The van der Waals surface area contributed by atoms with Crippen LogP contribution in [-0.2, 0) is 21.8 Å². The highest BCUT2D eigenvalue weighted by molar-refractivity contribution is 7.90. The number of benzene rings is 3. The third kappa shape index (κ3) is 4.86. The van der Waals surface area contributed by atoms with Gasteiger partial charge in [-0.05, 0) is 41.0 Å². The second kappa shape index (κ2) is 8.16. The molecule has 0 fully saturated rings. The van der Waals surface area contributed by atoms with Gasteiger partial charge in [0, 0.05) is 10.6 Å². The monoisotopic (exact) mass is 452 g/mol. The fraction of sp³-hybridized carbons (Fsp3) is 0.0909. The van der Waals surface area contributed by atoms with Crippen molar-refractivity contribution in [2.24, 2.45) is 0 Å². The van der Waals surface area contributed by atoms with Gasteiger partial charge in [0.25, 0.3) is 0 Å². The molecular weight excluding hydrogens is 437 g/mol. The first-order valence-corrected chi connectivity index (χ1v) is 10.7. The first-order chi connectivity index (χ1) is 14.0. The average Bonchev–Trinajstić information content (AvgIpc) is 2.67. The van der Waals surface area contributed by atoms with E-state index in [0.717, 1.165) is 11.6 Å². The van der Waals surface area contributed by atoms with Crippen LogP contribution in [0.2, 0.25) is 5.02 Å². The van der Waals surface area contributed by atoms with E-state index in [4.69, 9.17) is 11.6 Å². The van der Waals surface area contributed by atoms with Crippen molar-refractivity contribution in [1.29, 1.82) is 0 Å². The van der Waals surface area contributed by atoms with Gasteiger partial charge in [0.1, 0.15) is 5.76 Å². The molecule has 0 spiro atoms. The molecule has 0 saturated heterocycles. The van der Waals surface area contributed by atoms with Crippen molar-refractivity contribution < 1.29 is 26.7 Å². The maximum atomic E-state index is 13.1. The Morgan fingerprint density at radius 1 is 0.967 bits per heavy atom. The molecule has 3 aromatic carbocycles. The lowest BCUT2D eigenvalue weighted by Gasteiger charge is -2.14. The quantitative estimate of drug-likeness (QED) is 0.448. The second-order valence-electron chi connectivity index (χ2n) is 6.62. The van der Waals surface area contributed by atoms with Gasteiger partial charge in [0.05, 0.1) is 16.2 Å². The lowest BCUT2D eigenvalue weighted by molar-refractivity contribution is -0.137. The van der Waals surface area contributed by atoms with E-state index in [1.807, 2.05) is 30.3 Å². The summed E-state index contributed by atoms with van der Waals surface area (Å²) in [5, 5.41) is 9.53. The highest BCUT2D eigenvalue weighted by Gasteiger charge is 2.32. The van der Waals surface area contributed by atoms with Crippen LogP contribution < -0.4 is 0 Å². The number of sulfone groups is 1. The van der Waals surface area contributed by atoms with E-state index in [1.54, 1.807) is 12.1 Å². The number of halogens is 4. The fourth-order valence-corrected chi connectivity index (χ4v) is 4.73. The number of hydrogen-bond acceptors (Lipinski definition) is 3. The zero-order valence-electron chi connectivity index (χ0n) is 15.4. The Hall–Kier alpha value is -2.77. The first kappa shape index (κ1) is 21.9. The van der Waals surface area contributed by atoms with Crippen LogP contribution in [0.25, 0.3) is 16.9 Å². The van der Waals surface area contributed by atoms with Crippen molar-refractivity contribution >= 4 is 27.2 Å². The molecule has 30 heavy (non-hydrogen) atoms. The molecule has 3 aromatic rings. The summed E-state index contributed by atoms with van der Waals surface area (Å²) >= 11 is 5.73. The Labute approximate surface area is 177 Å². The van der Waals surface area contributed by atoms with Crippen molar-refractivity contribution in [3.63, 3.8) is 0 Å². The predicted molar refractivity (Wildman–Crippen MR) is 111 cm³/mol. The van der Waals surface area contributed by atoms with E-state index >= 15 is 0 Å². The van der Waals surface area contributed by atoms with Crippen LogP contribution in [0, 0.1) is 0 Å². The highest BCUT2D eigenvalue weighted by atomic mass is 35.5. The van der Waals surface area contributed by atoms with Gasteiger partial charge in [0.15, 0.2) is 9.84 Å². The van der Waals surface area contributed by atoms with Crippen LogP contribution in [0.1, 0.15) is 16.7 Å². The summed E-state index contributed by atoms with van der Waals surface area (Å²) in [6.07, 6.45) is -4.74. The molecule has 0 bridgehead atoms. The summed E-state index contributed by atoms with van der Waals surface area (Å²) in [5.41, 5.74) is 0.744. The van der Waals surface area contributed by atoms with Gasteiger partial charge < -0.3 is 5.11 Å². The summed E-state index contributed by atoms with van der Waals surface area (Å²) in [6, 6.07) is 16.1. The maximum absolute atomic E-state index is 13.1. The number of hydrogen-bond donors (Lipinski definition) is 1. The standard InChI is InChI=1S/C22H16ClF3O3S/c1-14(27)21-8-7-16(15-5-3-2-4-6-15)9-17(21)13-30(28,29)20-11-18(22(24,25)26)10-19(23)12-20/h2-12,27H,1,13H2. The SMILES string of the molecule is C=C(O)c1ccc(-c2ccccc2)cc1CS(=O)(=O)c1cc(Cl)cc(C(F)(F)F)c1. The second-order valence-corrected chi connectivity index (χ2v) is 9.04. The van der Waals surface area contributed by atoms with E-state index in [0.29, 0.717) is 17.7 Å². The predicted octanol–water partition coefficient (Wildman–Crippen LogP) is 6.53. The van der Waals surface area contributed by atoms with Crippen molar-refractivity contribution in [2.75, 3.05) is 0 Å². The molecular formula is C22H16ClF3O3S. The molecule has 0 aliphatic carbocycles. The largest absolute Gasteiger partial charge is 0.508 e. The van der Waals surface area contributed by atoms with Crippen molar-refractivity contribution in [2.45, 2.75) is 16.8 Å².